The number of unbranched alkanes of at least 4 members (excludes halogenated alkanes) is 1. The molecule has 4 atom stereocenters. The number of rotatable bonds is 6. The lowest BCUT2D eigenvalue weighted by Gasteiger charge is -2.42. The van der Waals surface area contributed by atoms with E-state index in [2.05, 4.69) is 48.4 Å². The zero-order chi connectivity index (χ0) is 16.7. The van der Waals surface area contributed by atoms with Crippen LogP contribution in [0.1, 0.15) is 78.6 Å². The van der Waals surface area contributed by atoms with Gasteiger partial charge in [0.1, 0.15) is 0 Å². The molecule has 0 radical (unpaired) electrons. The number of aliphatic imine (C=N–C) groups is 1. The molecule has 0 spiro atoms. The maximum Gasteiger partial charge on any atom is 0.0637 e. The van der Waals surface area contributed by atoms with E-state index in [1.54, 1.807) is 0 Å². The summed E-state index contributed by atoms with van der Waals surface area (Å²) in [6, 6.07) is 0. The lowest BCUT2D eigenvalue weighted by Crippen LogP contribution is -2.31. The van der Waals surface area contributed by atoms with Crippen molar-refractivity contribution < 1.29 is 0 Å². The molecule has 23 heavy (non-hydrogen) atoms. The minimum Gasteiger partial charge on any atom is -0.200 e. The highest BCUT2D eigenvalue weighted by atomic mass is 32.1. The molecule has 0 N–H and O–H groups in total. The quantitative estimate of drug-likeness (QED) is 0.291. The van der Waals surface area contributed by atoms with Crippen molar-refractivity contribution >= 4 is 17.4 Å². The van der Waals surface area contributed by atoms with E-state index in [9.17, 15) is 0 Å². The zero-order valence-corrected chi connectivity index (χ0v) is 16.0. The number of thiocarbonyl (C=S) groups is 1. The Labute approximate surface area is 148 Å². The Kier molecular flexibility index (Phi) is 7.73. The van der Waals surface area contributed by atoms with E-state index in [4.69, 9.17) is 0 Å². The molecule has 2 aliphatic rings. The van der Waals surface area contributed by atoms with Gasteiger partial charge in [0, 0.05) is 5.70 Å². The van der Waals surface area contributed by atoms with Gasteiger partial charge < -0.3 is 0 Å². The highest BCUT2D eigenvalue weighted by Gasteiger charge is 2.35. The van der Waals surface area contributed by atoms with Crippen LogP contribution >= 0.6 is 12.2 Å². The van der Waals surface area contributed by atoms with E-state index in [1.165, 1.54) is 63.4 Å². The third-order valence-electron chi connectivity index (χ3n) is 6.14. The molecule has 4 unspecified atom stereocenters. The number of allylic oxidation sites excluding steroid dienone is 4. The highest BCUT2D eigenvalue weighted by Crippen LogP contribution is 2.47. The molecular formula is C21H33NS. The minimum atomic E-state index is 0.781. The first-order valence-corrected chi connectivity index (χ1v) is 9.97. The molecule has 0 heterocycles. The standard InChI is InChI=1S/C21H33NS/c1-4-5-6-18-9-10-21-14-19(11-12-20(21)13-18)16(2)7-8-17(3)22-15-23/h7-8,18-21H,4-6,9-14H2,1-3H3/b16-7+,17-8+. The number of hydrogen-bond acceptors (Lipinski definition) is 2. The summed E-state index contributed by atoms with van der Waals surface area (Å²) < 4.78 is 0. The molecule has 0 bridgehead atoms. The number of hydrogen-bond donors (Lipinski definition) is 0. The van der Waals surface area contributed by atoms with Gasteiger partial charge in [-0.05, 0) is 87.9 Å². The van der Waals surface area contributed by atoms with Crippen molar-refractivity contribution in [2.24, 2.45) is 28.7 Å². The first kappa shape index (κ1) is 18.6. The van der Waals surface area contributed by atoms with Crippen LogP contribution in [0.5, 0.6) is 0 Å². The van der Waals surface area contributed by atoms with Crippen molar-refractivity contribution in [3.63, 3.8) is 0 Å². The van der Waals surface area contributed by atoms with Crippen molar-refractivity contribution in [2.75, 3.05) is 0 Å². The fourth-order valence-electron chi connectivity index (χ4n) is 4.65. The zero-order valence-electron chi connectivity index (χ0n) is 15.2. The predicted molar refractivity (Wildman–Crippen MR) is 104 cm³/mol. The Bertz CT molecular complexity index is 484. The first-order chi connectivity index (χ1) is 11.1. The maximum atomic E-state index is 4.65. The highest BCUT2D eigenvalue weighted by molar-refractivity contribution is 7.78. The molecule has 2 heteroatoms. The Hall–Kier alpha value is -0.720. The topological polar surface area (TPSA) is 12.4 Å². The summed E-state index contributed by atoms with van der Waals surface area (Å²) >= 11 is 4.65. The second kappa shape index (κ2) is 9.55. The van der Waals surface area contributed by atoms with Crippen molar-refractivity contribution in [1.29, 1.82) is 0 Å². The van der Waals surface area contributed by atoms with E-state index in [1.807, 2.05) is 6.92 Å². The van der Waals surface area contributed by atoms with E-state index in [0.29, 0.717) is 0 Å². The van der Waals surface area contributed by atoms with Crippen LogP contribution in [0.3, 0.4) is 0 Å². The number of nitrogens with zero attached hydrogens (tertiary/aromatic N) is 1. The van der Waals surface area contributed by atoms with Gasteiger partial charge in [-0.15, -0.1) is 0 Å². The smallest absolute Gasteiger partial charge is 0.0637 e. The lowest BCUT2D eigenvalue weighted by atomic mass is 9.63. The van der Waals surface area contributed by atoms with Crippen LogP contribution in [-0.4, -0.2) is 5.16 Å². The monoisotopic (exact) mass is 331 g/mol. The summed E-state index contributed by atoms with van der Waals surface area (Å²) in [5.41, 5.74) is 2.47. The van der Waals surface area contributed by atoms with Crippen LogP contribution in [0.25, 0.3) is 0 Å². The third kappa shape index (κ3) is 5.69. The van der Waals surface area contributed by atoms with E-state index >= 15 is 0 Å². The summed E-state index contributed by atoms with van der Waals surface area (Å²) in [7, 11) is 0. The summed E-state index contributed by atoms with van der Waals surface area (Å²) in [4.78, 5) is 4.02. The lowest BCUT2D eigenvalue weighted by molar-refractivity contribution is 0.104. The molecule has 2 aliphatic carbocycles. The second-order valence-corrected chi connectivity index (χ2v) is 7.96. The van der Waals surface area contributed by atoms with Crippen LogP contribution in [0.4, 0.5) is 0 Å². The van der Waals surface area contributed by atoms with Crippen molar-refractivity contribution in [2.45, 2.75) is 78.6 Å². The van der Waals surface area contributed by atoms with Gasteiger partial charge in [0.05, 0.1) is 5.16 Å². The largest absolute Gasteiger partial charge is 0.200 e. The van der Waals surface area contributed by atoms with Gasteiger partial charge in [0.15, 0.2) is 0 Å². The minimum absolute atomic E-state index is 0.781. The van der Waals surface area contributed by atoms with Crippen LogP contribution in [-0.2, 0) is 0 Å². The van der Waals surface area contributed by atoms with Crippen molar-refractivity contribution in [1.82, 2.24) is 0 Å². The molecule has 1 nitrogen and oxygen atoms in total. The fraction of sp³-hybridized carbons (Fsp3) is 0.762. The van der Waals surface area contributed by atoms with Gasteiger partial charge in [0.2, 0.25) is 0 Å². The van der Waals surface area contributed by atoms with Crippen LogP contribution in [0.15, 0.2) is 28.4 Å². The van der Waals surface area contributed by atoms with Gasteiger partial charge in [-0.25, -0.2) is 0 Å². The summed E-state index contributed by atoms with van der Waals surface area (Å²) in [5, 5.41) is 2.44. The summed E-state index contributed by atoms with van der Waals surface area (Å²) in [6.45, 7) is 6.60. The molecular weight excluding hydrogens is 298 g/mol. The predicted octanol–water partition coefficient (Wildman–Crippen LogP) is 6.96. The molecule has 0 saturated heterocycles. The van der Waals surface area contributed by atoms with Crippen LogP contribution in [0.2, 0.25) is 0 Å². The van der Waals surface area contributed by atoms with Gasteiger partial charge in [-0.2, -0.15) is 4.99 Å². The van der Waals surface area contributed by atoms with Gasteiger partial charge in [-0.3, -0.25) is 0 Å². The molecule has 2 fully saturated rings. The average Bonchev–Trinajstić information content (AvgIpc) is 2.57. The molecule has 0 aromatic carbocycles. The van der Waals surface area contributed by atoms with Crippen LogP contribution in [0, 0.1) is 23.7 Å². The Morgan fingerprint density at radius 3 is 2.57 bits per heavy atom. The molecule has 2 saturated carbocycles. The van der Waals surface area contributed by atoms with Crippen molar-refractivity contribution in [3.05, 3.63) is 23.4 Å². The van der Waals surface area contributed by atoms with Gasteiger partial charge in [0.25, 0.3) is 0 Å². The van der Waals surface area contributed by atoms with Crippen molar-refractivity contribution in [3.8, 4) is 0 Å². The molecule has 0 amide bonds. The fourth-order valence-corrected chi connectivity index (χ4v) is 4.80. The number of isothiocyanates is 1. The second-order valence-electron chi connectivity index (χ2n) is 7.77. The molecule has 0 aromatic rings. The molecule has 128 valence electrons. The average molecular weight is 332 g/mol. The van der Waals surface area contributed by atoms with Gasteiger partial charge in [-0.1, -0.05) is 44.3 Å². The Balaban J connectivity index is 1.88. The normalized spacial score (nSPS) is 32.1. The Morgan fingerprint density at radius 1 is 1.09 bits per heavy atom. The maximum absolute atomic E-state index is 4.65. The summed E-state index contributed by atoms with van der Waals surface area (Å²) in [5.74, 6) is 3.82. The van der Waals surface area contributed by atoms with E-state index in [0.717, 1.165) is 29.4 Å². The van der Waals surface area contributed by atoms with E-state index in [-0.39, 0.29) is 0 Å². The Morgan fingerprint density at radius 2 is 1.83 bits per heavy atom. The third-order valence-corrected chi connectivity index (χ3v) is 6.23. The SMILES string of the molecule is CCCCC1CCC2CC(/C(C)=C/C=C(\C)N=C=S)CCC2C1. The molecule has 0 aromatic heterocycles. The molecule has 0 aliphatic heterocycles. The summed E-state index contributed by atoms with van der Waals surface area (Å²) in [6.07, 6.45) is 17.3. The van der Waals surface area contributed by atoms with Crippen LogP contribution < -0.4 is 0 Å². The number of fused-ring (bicyclic) bond motifs is 1. The molecule has 2 rings (SSSR count). The van der Waals surface area contributed by atoms with Gasteiger partial charge >= 0.3 is 0 Å². The van der Waals surface area contributed by atoms with E-state index < -0.39 is 0 Å². The first-order valence-electron chi connectivity index (χ1n) is 9.57.